The van der Waals surface area contributed by atoms with Gasteiger partial charge >= 0.3 is 0 Å². The van der Waals surface area contributed by atoms with Crippen LogP contribution in [0, 0.1) is 0 Å². The topological polar surface area (TPSA) is 64.7 Å². The molecule has 0 fully saturated rings. The number of aromatic nitrogens is 4. The van der Waals surface area contributed by atoms with Crippen molar-refractivity contribution in [2.75, 3.05) is 0 Å². The first-order valence-corrected chi connectivity index (χ1v) is 10.8. The van der Waals surface area contributed by atoms with Crippen molar-refractivity contribution in [2.45, 2.75) is 31.8 Å². The second-order valence-corrected chi connectivity index (χ2v) is 8.11. The molecule has 1 aliphatic carbocycles. The Morgan fingerprint density at radius 2 is 1.90 bits per heavy atom. The van der Waals surface area contributed by atoms with E-state index in [1.807, 2.05) is 42.6 Å². The Hall–Kier alpha value is -3.38. The van der Waals surface area contributed by atoms with E-state index in [1.165, 1.54) is 11.3 Å². The highest BCUT2D eigenvalue weighted by Crippen LogP contribution is 2.30. The molecule has 7 heteroatoms. The predicted octanol–water partition coefficient (Wildman–Crippen LogP) is 4.58. The molecule has 156 valence electrons. The Morgan fingerprint density at radius 3 is 2.74 bits per heavy atom. The van der Waals surface area contributed by atoms with Crippen LogP contribution in [0.4, 0.5) is 0 Å². The van der Waals surface area contributed by atoms with Gasteiger partial charge < -0.3 is 5.32 Å². The Labute approximate surface area is 185 Å². The number of benzene rings is 2. The number of hydrogen-bond acceptors (Lipinski definition) is 3. The first-order valence-electron chi connectivity index (χ1n) is 10.4. The van der Waals surface area contributed by atoms with Crippen LogP contribution < -0.4 is 5.32 Å². The van der Waals surface area contributed by atoms with E-state index >= 15 is 0 Å². The average molecular weight is 432 g/mol. The van der Waals surface area contributed by atoms with Crippen LogP contribution in [0.2, 0.25) is 5.02 Å². The van der Waals surface area contributed by atoms with Gasteiger partial charge in [-0.2, -0.15) is 10.2 Å². The predicted molar refractivity (Wildman–Crippen MR) is 119 cm³/mol. The van der Waals surface area contributed by atoms with Gasteiger partial charge in [-0.3, -0.25) is 9.48 Å². The monoisotopic (exact) mass is 431 g/mol. The van der Waals surface area contributed by atoms with Gasteiger partial charge in [0.15, 0.2) is 5.69 Å². The van der Waals surface area contributed by atoms with E-state index in [0.717, 1.165) is 37.1 Å². The maximum Gasteiger partial charge on any atom is 0.272 e. The summed E-state index contributed by atoms with van der Waals surface area (Å²) in [6.07, 6.45) is 6.51. The molecule has 4 aromatic rings. The molecule has 5 rings (SSSR count). The summed E-state index contributed by atoms with van der Waals surface area (Å²) in [4.78, 5) is 12.9. The summed E-state index contributed by atoms with van der Waals surface area (Å²) in [6.45, 7) is 0.735. The average Bonchev–Trinajstić information content (AvgIpc) is 3.43. The van der Waals surface area contributed by atoms with Gasteiger partial charge in [0, 0.05) is 17.5 Å². The van der Waals surface area contributed by atoms with E-state index in [4.69, 9.17) is 11.6 Å². The minimum absolute atomic E-state index is 0.0637. The zero-order chi connectivity index (χ0) is 21.2. The molecule has 2 heterocycles. The second-order valence-electron chi connectivity index (χ2n) is 7.71. The molecule has 31 heavy (non-hydrogen) atoms. The molecule has 0 saturated heterocycles. The molecular weight excluding hydrogens is 410 g/mol. The van der Waals surface area contributed by atoms with Crippen LogP contribution in [-0.4, -0.2) is 25.5 Å². The van der Waals surface area contributed by atoms with Crippen molar-refractivity contribution in [1.29, 1.82) is 0 Å². The fourth-order valence-corrected chi connectivity index (χ4v) is 4.33. The molecule has 0 spiro atoms. The van der Waals surface area contributed by atoms with E-state index in [2.05, 4.69) is 32.3 Å². The summed E-state index contributed by atoms with van der Waals surface area (Å²) >= 11 is 6.25. The number of fused-ring (bicyclic) bond motifs is 1. The van der Waals surface area contributed by atoms with E-state index in [1.54, 1.807) is 23.0 Å². The molecule has 0 aliphatic heterocycles. The third-order valence-electron chi connectivity index (χ3n) is 5.66. The largest absolute Gasteiger partial charge is 0.344 e. The number of rotatable bonds is 5. The SMILES string of the molecule is O=C(NC1CCCc2c1cnn2Cc1ccccc1)c1ccn(-c2ccccc2Cl)n1. The first-order chi connectivity index (χ1) is 15.2. The number of nitrogens with one attached hydrogen (secondary N) is 1. The fraction of sp³-hybridized carbons (Fsp3) is 0.208. The molecule has 1 aliphatic rings. The van der Waals surface area contributed by atoms with Crippen molar-refractivity contribution in [2.24, 2.45) is 0 Å². The van der Waals surface area contributed by atoms with Crippen molar-refractivity contribution in [3.8, 4) is 5.69 Å². The minimum atomic E-state index is -0.195. The quantitative estimate of drug-likeness (QED) is 0.503. The lowest BCUT2D eigenvalue weighted by Gasteiger charge is -2.24. The van der Waals surface area contributed by atoms with Gasteiger partial charge in [-0.05, 0) is 43.0 Å². The zero-order valence-corrected chi connectivity index (χ0v) is 17.7. The number of halogens is 1. The molecule has 0 radical (unpaired) electrons. The Bertz CT molecular complexity index is 1210. The molecule has 1 N–H and O–H groups in total. The van der Waals surface area contributed by atoms with Crippen molar-refractivity contribution in [1.82, 2.24) is 24.9 Å². The Morgan fingerprint density at radius 1 is 1.10 bits per heavy atom. The molecule has 1 atom stereocenters. The maximum atomic E-state index is 12.9. The second kappa shape index (κ2) is 8.40. The molecule has 1 amide bonds. The lowest BCUT2D eigenvalue weighted by atomic mass is 9.92. The molecule has 0 saturated carbocycles. The van der Waals surface area contributed by atoms with Crippen LogP contribution in [0.15, 0.2) is 73.1 Å². The highest BCUT2D eigenvalue weighted by molar-refractivity contribution is 6.32. The van der Waals surface area contributed by atoms with Gasteiger partial charge in [-0.15, -0.1) is 0 Å². The maximum absolute atomic E-state index is 12.9. The number of carbonyl (C=O) groups excluding carboxylic acids is 1. The molecule has 6 nitrogen and oxygen atoms in total. The normalized spacial score (nSPS) is 15.5. The van der Waals surface area contributed by atoms with Crippen LogP contribution >= 0.6 is 11.6 Å². The van der Waals surface area contributed by atoms with Gasteiger partial charge in [0.25, 0.3) is 5.91 Å². The molecule has 2 aromatic heterocycles. The van der Waals surface area contributed by atoms with Crippen molar-refractivity contribution < 1.29 is 4.79 Å². The first kappa shape index (κ1) is 19.6. The smallest absolute Gasteiger partial charge is 0.272 e. The molecular formula is C24H22ClN5O. The minimum Gasteiger partial charge on any atom is -0.344 e. The van der Waals surface area contributed by atoms with Gasteiger partial charge in [0.1, 0.15) is 0 Å². The van der Waals surface area contributed by atoms with Crippen LogP contribution in [0.25, 0.3) is 5.69 Å². The van der Waals surface area contributed by atoms with Crippen molar-refractivity contribution in [3.05, 3.63) is 101 Å². The van der Waals surface area contributed by atoms with Gasteiger partial charge in [0.05, 0.1) is 29.5 Å². The van der Waals surface area contributed by atoms with Gasteiger partial charge in [-0.25, -0.2) is 4.68 Å². The number of nitrogens with zero attached hydrogens (tertiary/aromatic N) is 4. The summed E-state index contributed by atoms with van der Waals surface area (Å²) < 4.78 is 3.68. The summed E-state index contributed by atoms with van der Waals surface area (Å²) in [5.41, 5.74) is 4.61. The van der Waals surface area contributed by atoms with Gasteiger partial charge in [0.2, 0.25) is 0 Å². The lowest BCUT2D eigenvalue weighted by Crippen LogP contribution is -2.31. The van der Waals surface area contributed by atoms with Crippen molar-refractivity contribution >= 4 is 17.5 Å². The summed E-state index contributed by atoms with van der Waals surface area (Å²) in [6, 6.07) is 19.4. The number of amides is 1. The number of carbonyl (C=O) groups is 1. The van der Waals surface area contributed by atoms with E-state index in [-0.39, 0.29) is 11.9 Å². The summed E-state index contributed by atoms with van der Waals surface area (Å²) in [5.74, 6) is -0.195. The van der Waals surface area contributed by atoms with Crippen LogP contribution in [0.1, 0.15) is 46.2 Å². The number of hydrogen-bond donors (Lipinski definition) is 1. The van der Waals surface area contributed by atoms with E-state index in [0.29, 0.717) is 10.7 Å². The highest BCUT2D eigenvalue weighted by atomic mass is 35.5. The van der Waals surface area contributed by atoms with E-state index < -0.39 is 0 Å². The molecule has 0 bridgehead atoms. The van der Waals surface area contributed by atoms with Crippen LogP contribution in [-0.2, 0) is 13.0 Å². The summed E-state index contributed by atoms with van der Waals surface area (Å²) in [5, 5.41) is 12.8. The number of para-hydroxylation sites is 1. The Balaban J connectivity index is 1.33. The molecule has 1 unspecified atom stereocenters. The zero-order valence-electron chi connectivity index (χ0n) is 16.9. The van der Waals surface area contributed by atoms with Crippen LogP contribution in [0.5, 0.6) is 0 Å². The Kier molecular flexibility index (Phi) is 5.30. The van der Waals surface area contributed by atoms with E-state index in [9.17, 15) is 4.79 Å². The third-order valence-corrected chi connectivity index (χ3v) is 5.98. The van der Waals surface area contributed by atoms with Crippen molar-refractivity contribution in [3.63, 3.8) is 0 Å². The fourth-order valence-electron chi connectivity index (χ4n) is 4.11. The summed E-state index contributed by atoms with van der Waals surface area (Å²) in [7, 11) is 0. The standard InChI is InChI=1S/C24H22ClN5O/c25-19-9-4-5-11-23(19)29-14-13-21(28-29)24(31)27-20-10-6-12-22-18(20)15-26-30(22)16-17-7-2-1-3-8-17/h1-5,7-9,11,13-15,20H,6,10,12,16H2,(H,27,31). The highest BCUT2D eigenvalue weighted by Gasteiger charge is 2.26. The van der Waals surface area contributed by atoms with Gasteiger partial charge in [-0.1, -0.05) is 54.1 Å². The lowest BCUT2D eigenvalue weighted by molar-refractivity contribution is 0.0927. The molecule has 2 aromatic carbocycles. The van der Waals surface area contributed by atoms with Crippen LogP contribution in [0.3, 0.4) is 0 Å². The third kappa shape index (κ3) is 3.99.